The van der Waals surface area contributed by atoms with Gasteiger partial charge in [0, 0.05) is 0 Å². The van der Waals surface area contributed by atoms with Crippen LogP contribution < -0.4 is 5.73 Å². The minimum absolute atomic E-state index is 0.141. The average molecular weight is 224 g/mol. The van der Waals surface area contributed by atoms with Gasteiger partial charge in [-0.05, 0) is 36.8 Å². The van der Waals surface area contributed by atoms with Crippen molar-refractivity contribution in [2.45, 2.75) is 6.92 Å². The molecule has 0 saturated heterocycles. The maximum Gasteiger partial charge on any atom is 0.225 e. The average Bonchev–Trinajstić information content (AvgIpc) is 2.48. The van der Waals surface area contributed by atoms with E-state index < -0.39 is 0 Å². The number of hydrogen-bond acceptors (Lipinski definition) is 3. The minimum Gasteiger partial charge on any atom is -0.368 e. The number of aryl methyl sites for hydroxylation is 1. The second kappa shape index (κ2) is 3.47. The molecule has 6 heteroatoms. The third-order valence-electron chi connectivity index (χ3n) is 2.04. The molecule has 15 heavy (non-hydrogen) atoms. The number of rotatable bonds is 1. The Labute approximate surface area is 90.5 Å². The Morgan fingerprint density at radius 2 is 2.27 bits per heavy atom. The smallest absolute Gasteiger partial charge is 0.225 e. The van der Waals surface area contributed by atoms with Crippen LogP contribution in [-0.2, 0) is 0 Å². The van der Waals surface area contributed by atoms with E-state index in [4.69, 9.17) is 18.0 Å². The van der Waals surface area contributed by atoms with Crippen molar-refractivity contribution in [3.63, 3.8) is 0 Å². The second-order valence-electron chi connectivity index (χ2n) is 3.18. The van der Waals surface area contributed by atoms with Gasteiger partial charge in [-0.1, -0.05) is 6.07 Å². The summed E-state index contributed by atoms with van der Waals surface area (Å²) in [6.07, 6.45) is 0. The zero-order valence-corrected chi connectivity index (χ0v) is 8.81. The number of halogens is 1. The lowest BCUT2D eigenvalue weighted by atomic mass is 10.2. The van der Waals surface area contributed by atoms with Crippen molar-refractivity contribution in [3.8, 4) is 5.69 Å². The first-order chi connectivity index (χ1) is 7.09. The minimum atomic E-state index is -0.376. The Bertz CT molecular complexity index is 557. The van der Waals surface area contributed by atoms with Crippen molar-refractivity contribution in [3.05, 3.63) is 34.4 Å². The van der Waals surface area contributed by atoms with Crippen LogP contribution in [0.1, 0.15) is 5.56 Å². The van der Waals surface area contributed by atoms with Gasteiger partial charge in [0.2, 0.25) is 10.7 Å². The molecule has 0 amide bonds. The molecule has 4 nitrogen and oxygen atoms in total. The number of nitrogens with zero attached hydrogens (tertiary/aromatic N) is 2. The van der Waals surface area contributed by atoms with E-state index in [0.717, 1.165) is 5.56 Å². The highest BCUT2D eigenvalue weighted by atomic mass is 32.1. The van der Waals surface area contributed by atoms with Gasteiger partial charge in [0.15, 0.2) is 0 Å². The SMILES string of the molecule is Cc1ccc(-n2c(N)n[nH]c2=S)c(F)c1. The van der Waals surface area contributed by atoms with Crippen molar-refractivity contribution in [1.82, 2.24) is 14.8 Å². The van der Waals surface area contributed by atoms with Crippen LogP contribution in [0.5, 0.6) is 0 Å². The van der Waals surface area contributed by atoms with E-state index in [0.29, 0.717) is 5.69 Å². The van der Waals surface area contributed by atoms with E-state index in [2.05, 4.69) is 10.2 Å². The predicted octanol–water partition coefficient (Wildman–Crippen LogP) is 1.96. The van der Waals surface area contributed by atoms with Crippen molar-refractivity contribution in [2.75, 3.05) is 5.73 Å². The summed E-state index contributed by atoms with van der Waals surface area (Å²) in [6.45, 7) is 1.81. The van der Waals surface area contributed by atoms with Crippen LogP contribution in [0.4, 0.5) is 10.3 Å². The predicted molar refractivity (Wildman–Crippen MR) is 57.9 cm³/mol. The van der Waals surface area contributed by atoms with E-state index in [-0.39, 0.29) is 16.5 Å². The number of nitrogens with one attached hydrogen (secondary N) is 1. The van der Waals surface area contributed by atoms with E-state index in [9.17, 15) is 4.39 Å². The number of nitrogens with two attached hydrogens (primary N) is 1. The van der Waals surface area contributed by atoms with Crippen LogP contribution in [-0.4, -0.2) is 14.8 Å². The van der Waals surface area contributed by atoms with Crippen LogP contribution in [0.15, 0.2) is 18.2 Å². The largest absolute Gasteiger partial charge is 0.368 e. The number of hydrogen-bond donors (Lipinski definition) is 2. The zero-order chi connectivity index (χ0) is 11.0. The van der Waals surface area contributed by atoms with Crippen LogP contribution in [0.2, 0.25) is 0 Å². The van der Waals surface area contributed by atoms with Crippen molar-refractivity contribution in [1.29, 1.82) is 0 Å². The lowest BCUT2D eigenvalue weighted by Gasteiger charge is -2.05. The first kappa shape index (κ1) is 9.85. The molecule has 0 saturated carbocycles. The fourth-order valence-corrected chi connectivity index (χ4v) is 1.57. The van der Waals surface area contributed by atoms with Gasteiger partial charge in [-0.3, -0.25) is 4.57 Å². The Balaban J connectivity index is 2.69. The molecule has 0 spiro atoms. The lowest BCUT2D eigenvalue weighted by molar-refractivity contribution is 0.617. The topological polar surface area (TPSA) is 59.6 Å². The van der Waals surface area contributed by atoms with E-state index in [1.165, 1.54) is 10.6 Å². The fraction of sp³-hybridized carbons (Fsp3) is 0.111. The molecule has 2 rings (SSSR count). The molecule has 78 valence electrons. The Hall–Kier alpha value is -1.69. The van der Waals surface area contributed by atoms with Gasteiger partial charge in [-0.2, -0.15) is 0 Å². The molecule has 0 atom stereocenters. The number of H-pyrrole nitrogens is 1. The maximum atomic E-state index is 13.6. The molecule has 0 fully saturated rings. The van der Waals surface area contributed by atoms with Gasteiger partial charge in [-0.15, -0.1) is 5.10 Å². The first-order valence-corrected chi connectivity index (χ1v) is 4.70. The highest BCUT2D eigenvalue weighted by Crippen LogP contribution is 2.17. The number of anilines is 1. The van der Waals surface area contributed by atoms with E-state index in [1.54, 1.807) is 12.1 Å². The monoisotopic (exact) mass is 224 g/mol. The van der Waals surface area contributed by atoms with E-state index in [1.807, 2.05) is 6.92 Å². The summed E-state index contributed by atoms with van der Waals surface area (Å²) < 4.78 is 15.2. The number of benzene rings is 1. The molecule has 0 aliphatic carbocycles. The third-order valence-corrected chi connectivity index (χ3v) is 2.32. The van der Waals surface area contributed by atoms with Gasteiger partial charge in [0.1, 0.15) is 5.82 Å². The molecule has 1 heterocycles. The fourth-order valence-electron chi connectivity index (χ4n) is 1.34. The molecule has 0 aliphatic rings. The van der Waals surface area contributed by atoms with Gasteiger partial charge in [0.05, 0.1) is 5.69 Å². The second-order valence-corrected chi connectivity index (χ2v) is 3.56. The van der Waals surface area contributed by atoms with Crippen LogP contribution >= 0.6 is 12.2 Å². The highest BCUT2D eigenvalue weighted by Gasteiger charge is 2.09. The summed E-state index contributed by atoms with van der Waals surface area (Å²) in [6, 6.07) is 4.82. The van der Waals surface area contributed by atoms with Crippen LogP contribution in [0, 0.1) is 17.5 Å². The molecule has 0 bridgehead atoms. The van der Waals surface area contributed by atoms with Gasteiger partial charge < -0.3 is 5.73 Å². The highest BCUT2D eigenvalue weighted by molar-refractivity contribution is 7.71. The van der Waals surface area contributed by atoms with Gasteiger partial charge >= 0.3 is 0 Å². The number of nitrogen functional groups attached to an aromatic ring is 1. The molecule has 2 aromatic rings. The van der Waals surface area contributed by atoms with E-state index >= 15 is 0 Å². The zero-order valence-electron chi connectivity index (χ0n) is 7.99. The summed E-state index contributed by atoms with van der Waals surface area (Å²) in [5, 5.41) is 6.21. The molecule has 0 unspecified atom stereocenters. The molecule has 1 aromatic heterocycles. The van der Waals surface area contributed by atoms with Gasteiger partial charge in [0.25, 0.3) is 0 Å². The Morgan fingerprint density at radius 3 is 2.80 bits per heavy atom. The molecule has 0 aliphatic heterocycles. The normalized spacial score (nSPS) is 10.5. The van der Waals surface area contributed by atoms with Gasteiger partial charge in [-0.25, -0.2) is 9.49 Å². The molecule has 1 aromatic carbocycles. The summed E-state index contributed by atoms with van der Waals surface area (Å²) in [7, 11) is 0. The Morgan fingerprint density at radius 1 is 1.53 bits per heavy atom. The van der Waals surface area contributed by atoms with Crippen molar-refractivity contribution >= 4 is 18.2 Å². The third kappa shape index (κ3) is 1.63. The number of aromatic amines is 1. The first-order valence-electron chi connectivity index (χ1n) is 4.29. The molecular weight excluding hydrogens is 215 g/mol. The maximum absolute atomic E-state index is 13.6. The summed E-state index contributed by atoms with van der Waals surface area (Å²) >= 11 is 4.95. The van der Waals surface area contributed by atoms with Crippen molar-refractivity contribution < 1.29 is 4.39 Å². The van der Waals surface area contributed by atoms with Crippen molar-refractivity contribution in [2.24, 2.45) is 0 Å². The van der Waals surface area contributed by atoms with Crippen LogP contribution in [0.25, 0.3) is 5.69 Å². The summed E-state index contributed by atoms with van der Waals surface area (Å²) in [5.74, 6) is -0.234. The quantitative estimate of drug-likeness (QED) is 0.728. The Kier molecular flexibility index (Phi) is 2.28. The summed E-state index contributed by atoms with van der Waals surface area (Å²) in [4.78, 5) is 0. The molecule has 0 radical (unpaired) electrons. The molecule has 3 N–H and O–H groups in total. The lowest BCUT2D eigenvalue weighted by Crippen LogP contribution is -2.03. The number of aromatic nitrogens is 3. The molecular formula is C9H9FN4S. The standard InChI is InChI=1S/C9H9FN4S/c1-5-2-3-7(6(10)4-5)14-8(11)12-13-9(14)15/h2-4H,1H3,(H2,11,12)(H,13,15). The summed E-state index contributed by atoms with van der Waals surface area (Å²) in [5.41, 5.74) is 6.71. The van der Waals surface area contributed by atoms with Crippen LogP contribution in [0.3, 0.4) is 0 Å².